The minimum absolute atomic E-state index is 0.0399. The van der Waals surface area contributed by atoms with Crippen LogP contribution in [0.1, 0.15) is 61.8 Å². The molecule has 0 heterocycles. The molecule has 3 rings (SSSR count). The van der Waals surface area contributed by atoms with E-state index in [1.807, 2.05) is 35.2 Å². The Morgan fingerprint density at radius 1 is 1.04 bits per heavy atom. The van der Waals surface area contributed by atoms with Gasteiger partial charge in [-0.2, -0.15) is 0 Å². The van der Waals surface area contributed by atoms with Crippen molar-refractivity contribution in [3.05, 3.63) is 71.3 Å². The van der Waals surface area contributed by atoms with Crippen molar-refractivity contribution in [2.75, 3.05) is 0 Å². The van der Waals surface area contributed by atoms with Crippen LogP contribution in [0.3, 0.4) is 0 Å². The van der Waals surface area contributed by atoms with Gasteiger partial charge in [-0.25, -0.2) is 4.79 Å². The van der Waals surface area contributed by atoms with Gasteiger partial charge in [0.2, 0.25) is 5.91 Å². The van der Waals surface area contributed by atoms with Crippen LogP contribution >= 0.6 is 0 Å². The Morgan fingerprint density at radius 2 is 1.68 bits per heavy atom. The van der Waals surface area contributed by atoms with Gasteiger partial charge < -0.3 is 16.0 Å². The second-order valence-electron chi connectivity index (χ2n) is 7.83. The van der Waals surface area contributed by atoms with Crippen molar-refractivity contribution in [1.29, 1.82) is 0 Å². The first-order valence-corrected chi connectivity index (χ1v) is 9.93. The number of nitrogens with zero attached hydrogens (tertiary/aromatic N) is 1. The van der Waals surface area contributed by atoms with Crippen molar-refractivity contribution in [2.45, 2.75) is 57.7 Å². The molecule has 1 aliphatic carbocycles. The van der Waals surface area contributed by atoms with Crippen molar-refractivity contribution in [1.82, 2.24) is 10.2 Å². The molecule has 5 nitrogen and oxygen atoms in total. The largest absolute Gasteiger partial charge is 0.352 e. The van der Waals surface area contributed by atoms with Crippen LogP contribution in [0.25, 0.3) is 0 Å². The highest BCUT2D eigenvalue weighted by Gasteiger charge is 2.33. The standard InChI is InChI=1S/C23H29N3O2/c1-16(2)18-10-8-17(9-11-18)15-26(20-12-13-20)22(27)14-21(25-23(24)28)19-6-4-3-5-7-19/h3-11,16,20-21H,12-15H2,1-2H3,(H3,24,25,28). The number of hydrogen-bond acceptors (Lipinski definition) is 2. The minimum atomic E-state index is -0.621. The number of benzene rings is 2. The lowest BCUT2D eigenvalue weighted by atomic mass is 10.0. The molecule has 0 aliphatic heterocycles. The molecule has 1 saturated carbocycles. The lowest BCUT2D eigenvalue weighted by molar-refractivity contribution is -0.133. The Morgan fingerprint density at radius 3 is 2.21 bits per heavy atom. The van der Waals surface area contributed by atoms with Gasteiger partial charge in [0, 0.05) is 12.6 Å². The molecule has 1 atom stereocenters. The third-order valence-electron chi connectivity index (χ3n) is 5.20. The van der Waals surface area contributed by atoms with Crippen molar-refractivity contribution in [2.24, 2.45) is 5.73 Å². The predicted molar refractivity (Wildman–Crippen MR) is 111 cm³/mol. The average molecular weight is 380 g/mol. The first kappa shape index (κ1) is 19.9. The Hall–Kier alpha value is -2.82. The first-order chi connectivity index (χ1) is 13.4. The minimum Gasteiger partial charge on any atom is -0.352 e. The van der Waals surface area contributed by atoms with Gasteiger partial charge in [-0.15, -0.1) is 0 Å². The number of carbonyl (C=O) groups is 2. The van der Waals surface area contributed by atoms with Crippen molar-refractivity contribution < 1.29 is 9.59 Å². The lowest BCUT2D eigenvalue weighted by Gasteiger charge is -2.26. The maximum absolute atomic E-state index is 13.1. The Balaban J connectivity index is 1.72. The van der Waals surface area contributed by atoms with Crippen LogP contribution < -0.4 is 11.1 Å². The summed E-state index contributed by atoms with van der Waals surface area (Å²) >= 11 is 0. The summed E-state index contributed by atoms with van der Waals surface area (Å²) in [7, 11) is 0. The number of nitrogens with two attached hydrogens (primary N) is 1. The number of hydrogen-bond donors (Lipinski definition) is 2. The molecular formula is C23H29N3O2. The maximum atomic E-state index is 13.1. The topological polar surface area (TPSA) is 75.4 Å². The summed E-state index contributed by atoms with van der Waals surface area (Å²) in [6, 6.07) is 17.2. The van der Waals surface area contributed by atoms with Crippen molar-refractivity contribution in [3.63, 3.8) is 0 Å². The Labute approximate surface area is 166 Å². The fourth-order valence-electron chi connectivity index (χ4n) is 3.41. The van der Waals surface area contributed by atoms with Gasteiger partial charge >= 0.3 is 6.03 Å². The van der Waals surface area contributed by atoms with Gasteiger partial charge in [-0.3, -0.25) is 4.79 Å². The van der Waals surface area contributed by atoms with E-state index in [2.05, 4.69) is 43.4 Å². The summed E-state index contributed by atoms with van der Waals surface area (Å²) in [4.78, 5) is 26.5. The molecule has 0 bridgehead atoms. The van der Waals surface area contributed by atoms with Crippen molar-refractivity contribution in [3.8, 4) is 0 Å². The zero-order chi connectivity index (χ0) is 20.1. The van der Waals surface area contributed by atoms with Gasteiger partial charge in [0.05, 0.1) is 12.5 Å². The monoisotopic (exact) mass is 379 g/mol. The van der Waals surface area contributed by atoms with Gasteiger partial charge in [-0.1, -0.05) is 68.4 Å². The van der Waals surface area contributed by atoms with E-state index in [4.69, 9.17) is 5.73 Å². The molecule has 1 aliphatic rings. The SMILES string of the molecule is CC(C)c1ccc(CN(C(=O)CC(NC(N)=O)c2ccccc2)C2CC2)cc1. The van der Waals surface area contributed by atoms with Crippen LogP contribution in [0.5, 0.6) is 0 Å². The van der Waals surface area contributed by atoms with Gasteiger partial charge in [0.1, 0.15) is 0 Å². The first-order valence-electron chi connectivity index (χ1n) is 9.93. The van der Waals surface area contributed by atoms with Crippen LogP contribution in [0.15, 0.2) is 54.6 Å². The number of primary amides is 1. The molecule has 2 aromatic rings. The van der Waals surface area contributed by atoms with Crippen LogP contribution in [-0.4, -0.2) is 22.9 Å². The zero-order valence-corrected chi connectivity index (χ0v) is 16.6. The molecule has 3 amide bonds. The lowest BCUT2D eigenvalue weighted by Crippen LogP contribution is -2.39. The summed E-state index contributed by atoms with van der Waals surface area (Å²) in [6.45, 7) is 4.94. The third-order valence-corrected chi connectivity index (χ3v) is 5.20. The van der Waals surface area contributed by atoms with E-state index >= 15 is 0 Å². The van der Waals surface area contributed by atoms with E-state index in [9.17, 15) is 9.59 Å². The summed E-state index contributed by atoms with van der Waals surface area (Å²) in [6.07, 6.45) is 2.28. The smallest absolute Gasteiger partial charge is 0.312 e. The fraction of sp³-hybridized carbons (Fsp3) is 0.391. The molecule has 1 fully saturated rings. The number of amides is 3. The van der Waals surface area contributed by atoms with Gasteiger partial charge in [0.15, 0.2) is 0 Å². The number of nitrogens with one attached hydrogen (secondary N) is 1. The van der Waals surface area contributed by atoms with E-state index in [-0.39, 0.29) is 12.3 Å². The summed E-state index contributed by atoms with van der Waals surface area (Å²) in [5.74, 6) is 0.528. The highest BCUT2D eigenvalue weighted by Crippen LogP contribution is 2.30. The van der Waals surface area contributed by atoms with Crippen LogP contribution in [0.2, 0.25) is 0 Å². The molecule has 0 radical (unpaired) electrons. The normalized spacial score (nSPS) is 14.5. The van der Waals surface area contributed by atoms with Crippen LogP contribution in [-0.2, 0) is 11.3 Å². The molecule has 0 spiro atoms. The van der Waals surface area contributed by atoms with E-state index in [0.717, 1.165) is 24.0 Å². The van der Waals surface area contributed by atoms with Crippen molar-refractivity contribution >= 4 is 11.9 Å². The summed E-state index contributed by atoms with van der Waals surface area (Å²) in [5, 5.41) is 2.72. The number of rotatable bonds is 8. The molecule has 28 heavy (non-hydrogen) atoms. The highest BCUT2D eigenvalue weighted by molar-refractivity contribution is 5.79. The van der Waals surface area contributed by atoms with Gasteiger partial charge in [-0.05, 0) is 35.4 Å². The molecule has 1 unspecified atom stereocenters. The summed E-state index contributed by atoms with van der Waals surface area (Å²) < 4.78 is 0. The quantitative estimate of drug-likeness (QED) is 0.724. The third kappa shape index (κ3) is 5.35. The van der Waals surface area contributed by atoms with E-state index in [1.54, 1.807) is 0 Å². The van der Waals surface area contributed by atoms with E-state index < -0.39 is 12.1 Å². The molecule has 0 aromatic heterocycles. The molecule has 0 saturated heterocycles. The second kappa shape index (κ2) is 8.91. The summed E-state index contributed by atoms with van der Waals surface area (Å²) in [5.41, 5.74) is 8.65. The molecule has 148 valence electrons. The van der Waals surface area contributed by atoms with E-state index in [1.165, 1.54) is 5.56 Å². The van der Waals surface area contributed by atoms with Gasteiger partial charge in [0.25, 0.3) is 0 Å². The fourth-order valence-corrected chi connectivity index (χ4v) is 3.41. The van der Waals surface area contributed by atoms with E-state index in [0.29, 0.717) is 18.5 Å². The Bertz CT molecular complexity index is 798. The Kier molecular flexibility index (Phi) is 6.34. The molecular weight excluding hydrogens is 350 g/mol. The molecule has 3 N–H and O–H groups in total. The zero-order valence-electron chi connectivity index (χ0n) is 16.6. The maximum Gasteiger partial charge on any atom is 0.312 e. The highest BCUT2D eigenvalue weighted by atomic mass is 16.2. The van der Waals surface area contributed by atoms with Crippen LogP contribution in [0.4, 0.5) is 4.79 Å². The second-order valence-corrected chi connectivity index (χ2v) is 7.83. The molecule has 2 aromatic carbocycles. The number of urea groups is 1. The predicted octanol–water partition coefficient (Wildman–Crippen LogP) is 4.10. The average Bonchev–Trinajstić information content (AvgIpc) is 3.51. The number of carbonyl (C=O) groups excluding carboxylic acids is 2. The molecule has 5 heteroatoms. The van der Waals surface area contributed by atoms with Crippen LogP contribution in [0, 0.1) is 0 Å².